The van der Waals surface area contributed by atoms with Crippen molar-refractivity contribution in [3.8, 4) is 0 Å². The number of para-hydroxylation sites is 2. The Labute approximate surface area is 186 Å². The molecule has 0 aliphatic rings. The van der Waals surface area contributed by atoms with E-state index in [1.165, 1.54) is 24.3 Å². The first-order valence-electron chi connectivity index (χ1n) is 7.42. The number of hydrogen-bond acceptors (Lipinski definition) is 4. The van der Waals surface area contributed by atoms with Crippen molar-refractivity contribution in [1.29, 1.82) is 0 Å². The Bertz CT molecular complexity index is 1060. The number of carbonyl (C=O) groups excluding carboxylic acids is 2. The zero-order chi connectivity index (χ0) is 18.8. The maximum Gasteiger partial charge on any atom is 1.00 e. The van der Waals surface area contributed by atoms with Gasteiger partial charge in [0.15, 0.2) is 0 Å². The number of carboxylic acids is 1. The van der Waals surface area contributed by atoms with Crippen LogP contribution in [0.3, 0.4) is 0 Å². The summed E-state index contributed by atoms with van der Waals surface area (Å²) in [6.07, 6.45) is 2.53. The molecular formula is C18H12Cl2N3NaO3. The Hall–Kier alpha value is -1.96. The average Bonchev–Trinajstić information content (AvgIpc) is 2.94. The minimum absolute atomic E-state index is 0. The summed E-state index contributed by atoms with van der Waals surface area (Å²) in [7, 11) is 0. The van der Waals surface area contributed by atoms with Crippen molar-refractivity contribution in [3.63, 3.8) is 0 Å². The molecule has 0 bridgehead atoms. The number of aromatic nitrogens is 1. The normalized spacial score (nSPS) is 10.7. The van der Waals surface area contributed by atoms with Crippen LogP contribution in [0.25, 0.3) is 17.0 Å². The van der Waals surface area contributed by atoms with E-state index in [2.05, 4.69) is 10.3 Å². The molecule has 0 saturated carbocycles. The molecule has 0 spiro atoms. The predicted octanol–water partition coefficient (Wildman–Crippen LogP) is 0.0763. The molecule has 0 saturated heterocycles. The van der Waals surface area contributed by atoms with Crippen molar-refractivity contribution in [2.75, 3.05) is 11.1 Å². The molecule has 1 heterocycles. The molecule has 132 valence electrons. The molecule has 1 amide bonds. The zero-order valence-electron chi connectivity index (χ0n) is 14.2. The first-order chi connectivity index (χ1) is 12.4. The van der Waals surface area contributed by atoms with E-state index in [0.29, 0.717) is 27.3 Å². The number of rotatable bonds is 4. The minimum Gasteiger partial charge on any atom is -0.543 e. The molecule has 3 rings (SSSR count). The number of aromatic carboxylic acids is 1. The van der Waals surface area contributed by atoms with Crippen LogP contribution in [0.5, 0.6) is 0 Å². The molecule has 27 heavy (non-hydrogen) atoms. The van der Waals surface area contributed by atoms with Crippen LogP contribution in [0.4, 0.5) is 11.4 Å². The number of hydrogen-bond donors (Lipinski definition) is 3. The molecule has 1 aromatic heterocycles. The fraction of sp³-hybridized carbons (Fsp3) is 0. The van der Waals surface area contributed by atoms with Gasteiger partial charge in [0.2, 0.25) is 5.91 Å². The molecule has 0 atom stereocenters. The second-order valence-electron chi connectivity index (χ2n) is 5.42. The first kappa shape index (κ1) is 21.3. The molecule has 2 aromatic carbocycles. The van der Waals surface area contributed by atoms with E-state index in [-0.39, 0.29) is 45.8 Å². The van der Waals surface area contributed by atoms with Gasteiger partial charge < -0.3 is 25.9 Å². The Morgan fingerprint density at radius 1 is 1.19 bits per heavy atom. The Morgan fingerprint density at radius 3 is 2.56 bits per heavy atom. The van der Waals surface area contributed by atoms with Gasteiger partial charge >= 0.3 is 29.6 Å². The largest absolute Gasteiger partial charge is 1.00 e. The number of nitrogens with two attached hydrogens (primary N) is 1. The number of anilines is 2. The summed E-state index contributed by atoms with van der Waals surface area (Å²) in [5, 5.41) is 15.0. The van der Waals surface area contributed by atoms with Gasteiger partial charge in [-0.2, -0.15) is 0 Å². The van der Waals surface area contributed by atoms with Gasteiger partial charge in [-0.1, -0.05) is 35.3 Å². The number of amides is 1. The van der Waals surface area contributed by atoms with Gasteiger partial charge in [0.25, 0.3) is 0 Å². The van der Waals surface area contributed by atoms with Crippen LogP contribution in [-0.4, -0.2) is 16.9 Å². The van der Waals surface area contributed by atoms with Crippen molar-refractivity contribution in [1.82, 2.24) is 4.98 Å². The van der Waals surface area contributed by atoms with Crippen LogP contribution in [0.1, 0.15) is 16.1 Å². The fourth-order valence-electron chi connectivity index (χ4n) is 2.54. The number of carboxylic acid groups (broad SMARTS) is 1. The summed E-state index contributed by atoms with van der Waals surface area (Å²) in [5.74, 6) is -1.91. The number of halogens is 2. The molecule has 3 aromatic rings. The molecule has 0 aliphatic heterocycles. The third-order valence-corrected chi connectivity index (χ3v) is 4.19. The van der Waals surface area contributed by atoms with Crippen LogP contribution < -0.4 is 45.7 Å². The maximum atomic E-state index is 12.1. The number of nitrogens with one attached hydrogen (secondary N) is 2. The molecule has 0 aliphatic carbocycles. The monoisotopic (exact) mass is 411 g/mol. The molecule has 0 fully saturated rings. The van der Waals surface area contributed by atoms with Crippen LogP contribution in [0, 0.1) is 0 Å². The quantitative estimate of drug-likeness (QED) is 0.320. The summed E-state index contributed by atoms with van der Waals surface area (Å²) in [6, 6.07) is 9.80. The number of benzene rings is 2. The van der Waals surface area contributed by atoms with Crippen molar-refractivity contribution in [3.05, 3.63) is 63.8 Å². The van der Waals surface area contributed by atoms with Crippen LogP contribution in [-0.2, 0) is 4.79 Å². The number of nitrogen functional groups attached to an aromatic ring is 1. The van der Waals surface area contributed by atoms with E-state index in [9.17, 15) is 14.7 Å². The third-order valence-electron chi connectivity index (χ3n) is 3.68. The van der Waals surface area contributed by atoms with Gasteiger partial charge in [-0.25, -0.2) is 0 Å². The second-order valence-corrected chi connectivity index (χ2v) is 6.26. The Kier molecular flexibility index (Phi) is 6.97. The van der Waals surface area contributed by atoms with Gasteiger partial charge in [-0.3, -0.25) is 4.79 Å². The van der Waals surface area contributed by atoms with Gasteiger partial charge in [0.1, 0.15) is 0 Å². The van der Waals surface area contributed by atoms with E-state index in [1.807, 2.05) is 0 Å². The Morgan fingerprint density at radius 2 is 1.89 bits per heavy atom. The van der Waals surface area contributed by atoms with Crippen LogP contribution >= 0.6 is 23.2 Å². The second kappa shape index (κ2) is 8.82. The van der Waals surface area contributed by atoms with Crippen molar-refractivity contribution >= 4 is 63.4 Å². The van der Waals surface area contributed by atoms with E-state index < -0.39 is 11.9 Å². The number of carbonyl (C=O) groups is 2. The molecule has 6 nitrogen and oxygen atoms in total. The van der Waals surface area contributed by atoms with Crippen molar-refractivity contribution < 1.29 is 44.3 Å². The summed E-state index contributed by atoms with van der Waals surface area (Å²) in [4.78, 5) is 26.2. The van der Waals surface area contributed by atoms with Crippen molar-refractivity contribution in [2.45, 2.75) is 0 Å². The SMILES string of the molecule is Nc1ccccc1NC(=O)/C=C/c1c(C(=O)[O-])[nH]c2cc(Cl)cc(Cl)c12.[Na+]. The maximum absolute atomic E-state index is 12.1. The van der Waals surface area contributed by atoms with Crippen LogP contribution in [0.2, 0.25) is 10.0 Å². The van der Waals surface area contributed by atoms with Crippen LogP contribution in [0.15, 0.2) is 42.5 Å². The number of aromatic amines is 1. The molecular weight excluding hydrogens is 400 g/mol. The van der Waals surface area contributed by atoms with E-state index in [0.717, 1.165) is 0 Å². The summed E-state index contributed by atoms with van der Waals surface area (Å²) >= 11 is 12.1. The van der Waals surface area contributed by atoms with Gasteiger partial charge in [-0.05, 0) is 30.3 Å². The average molecular weight is 412 g/mol. The third kappa shape index (κ3) is 4.66. The molecule has 4 N–H and O–H groups in total. The van der Waals surface area contributed by atoms with Gasteiger partial charge in [0, 0.05) is 27.6 Å². The smallest absolute Gasteiger partial charge is 0.543 e. The predicted molar refractivity (Wildman–Crippen MR) is 101 cm³/mol. The van der Waals surface area contributed by atoms with E-state index in [1.54, 1.807) is 24.3 Å². The van der Waals surface area contributed by atoms with E-state index in [4.69, 9.17) is 28.9 Å². The summed E-state index contributed by atoms with van der Waals surface area (Å²) < 4.78 is 0. The summed E-state index contributed by atoms with van der Waals surface area (Å²) in [5.41, 5.74) is 7.08. The van der Waals surface area contributed by atoms with Crippen molar-refractivity contribution in [2.24, 2.45) is 0 Å². The standard InChI is InChI=1S/C18H13Cl2N3O3.Na/c19-9-7-11(20)16-10(17(18(25)26)23-14(16)8-9)5-6-15(24)22-13-4-2-1-3-12(13)21;/h1-8,23H,21H2,(H,22,24)(H,25,26);/q;+1/p-1/b6-5+;. The number of fused-ring (bicyclic) bond motifs is 1. The van der Waals surface area contributed by atoms with E-state index >= 15 is 0 Å². The Balaban J connectivity index is 0.00000261. The minimum atomic E-state index is -1.43. The number of H-pyrrole nitrogens is 1. The fourth-order valence-corrected chi connectivity index (χ4v) is 3.14. The summed E-state index contributed by atoms with van der Waals surface area (Å²) in [6.45, 7) is 0. The first-order valence-corrected chi connectivity index (χ1v) is 8.18. The van der Waals surface area contributed by atoms with Gasteiger partial charge in [0.05, 0.1) is 28.1 Å². The molecule has 0 radical (unpaired) electrons. The zero-order valence-corrected chi connectivity index (χ0v) is 17.7. The topological polar surface area (TPSA) is 111 Å². The van der Waals surface area contributed by atoms with Gasteiger partial charge in [-0.15, -0.1) is 0 Å². The molecule has 9 heteroatoms. The molecule has 0 unspecified atom stereocenters.